The molecule has 1 aliphatic heterocycles. The summed E-state index contributed by atoms with van der Waals surface area (Å²) >= 11 is 6.03. The molecule has 0 bridgehead atoms. The number of nitro benzene ring substituents is 1. The smallest absolute Gasteiger partial charge is 0.280 e. The van der Waals surface area contributed by atoms with Gasteiger partial charge >= 0.3 is 0 Å². The van der Waals surface area contributed by atoms with Crippen LogP contribution >= 0.6 is 11.6 Å². The Hall–Kier alpha value is -3.71. The number of aryl methyl sites for hydroxylation is 2. The van der Waals surface area contributed by atoms with Crippen molar-refractivity contribution in [3.8, 4) is 11.3 Å². The fourth-order valence-corrected chi connectivity index (χ4v) is 3.52. The largest absolute Gasteiger partial charge is 0.456 e. The molecule has 0 radical (unpaired) electrons. The first-order chi connectivity index (χ1) is 14.7. The quantitative estimate of drug-likeness (QED) is 0.288. The van der Waals surface area contributed by atoms with E-state index in [1.165, 1.54) is 11.1 Å². The van der Waals surface area contributed by atoms with Gasteiger partial charge in [0.25, 0.3) is 11.6 Å². The van der Waals surface area contributed by atoms with Crippen molar-refractivity contribution in [2.45, 2.75) is 20.8 Å². The van der Waals surface area contributed by atoms with E-state index in [2.05, 4.69) is 5.10 Å². The first-order valence-corrected chi connectivity index (χ1v) is 9.85. The van der Waals surface area contributed by atoms with Gasteiger partial charge in [0.15, 0.2) is 0 Å². The number of anilines is 1. The second-order valence-corrected chi connectivity index (χ2v) is 7.69. The lowest BCUT2D eigenvalue weighted by Crippen LogP contribution is -2.21. The number of hydrogen-bond donors (Lipinski definition) is 0. The highest BCUT2D eigenvalue weighted by Gasteiger charge is 2.29. The van der Waals surface area contributed by atoms with Crippen LogP contribution in [0.5, 0.6) is 0 Å². The maximum absolute atomic E-state index is 12.9. The number of nitro groups is 1. The summed E-state index contributed by atoms with van der Waals surface area (Å²) in [5.74, 6) is 0.441. The van der Waals surface area contributed by atoms with Crippen molar-refractivity contribution in [1.29, 1.82) is 0 Å². The molecule has 1 amide bonds. The number of hydrazone groups is 1. The minimum atomic E-state index is -0.428. The van der Waals surface area contributed by atoms with E-state index < -0.39 is 4.92 Å². The second-order valence-electron chi connectivity index (χ2n) is 7.25. The highest BCUT2D eigenvalue weighted by Crippen LogP contribution is 2.34. The predicted molar refractivity (Wildman–Crippen MR) is 120 cm³/mol. The van der Waals surface area contributed by atoms with Crippen molar-refractivity contribution >= 4 is 40.7 Å². The van der Waals surface area contributed by atoms with Gasteiger partial charge in [-0.15, -0.1) is 0 Å². The number of hydrogen-bond acceptors (Lipinski definition) is 5. The summed E-state index contributed by atoms with van der Waals surface area (Å²) in [6.45, 7) is 5.44. The van der Waals surface area contributed by atoms with Crippen molar-refractivity contribution in [2.24, 2.45) is 5.10 Å². The Kier molecular flexibility index (Phi) is 5.20. The molecule has 7 nitrogen and oxygen atoms in total. The average Bonchev–Trinajstić information content (AvgIpc) is 3.30. The van der Waals surface area contributed by atoms with Crippen LogP contribution in [0.4, 0.5) is 11.4 Å². The van der Waals surface area contributed by atoms with Gasteiger partial charge in [0.1, 0.15) is 11.5 Å². The molecule has 4 rings (SSSR count). The third kappa shape index (κ3) is 3.87. The van der Waals surface area contributed by atoms with Crippen molar-refractivity contribution in [3.05, 3.63) is 86.1 Å². The lowest BCUT2D eigenvalue weighted by Gasteiger charge is -2.11. The van der Waals surface area contributed by atoms with Gasteiger partial charge in [-0.25, -0.2) is 0 Å². The number of carbonyl (C=O) groups excluding carboxylic acids is 1. The molecule has 3 aromatic rings. The zero-order valence-corrected chi connectivity index (χ0v) is 17.8. The summed E-state index contributed by atoms with van der Waals surface area (Å²) in [6.07, 6.45) is 1.59. The number of furan rings is 1. The van der Waals surface area contributed by atoms with Gasteiger partial charge in [-0.3, -0.25) is 14.9 Å². The van der Waals surface area contributed by atoms with E-state index >= 15 is 0 Å². The normalized spacial score (nSPS) is 15.0. The zero-order chi connectivity index (χ0) is 22.3. The fourth-order valence-electron chi connectivity index (χ4n) is 3.33. The van der Waals surface area contributed by atoms with Gasteiger partial charge in [0, 0.05) is 11.1 Å². The Morgan fingerprint density at radius 2 is 1.84 bits per heavy atom. The summed E-state index contributed by atoms with van der Waals surface area (Å²) in [6, 6.07) is 13.5. The Labute approximate surface area is 183 Å². The summed E-state index contributed by atoms with van der Waals surface area (Å²) in [4.78, 5) is 24.0. The van der Waals surface area contributed by atoms with Crippen LogP contribution in [-0.2, 0) is 4.79 Å². The molecule has 0 aliphatic carbocycles. The van der Waals surface area contributed by atoms with Crippen molar-refractivity contribution in [3.63, 3.8) is 0 Å². The molecule has 0 saturated carbocycles. The maximum atomic E-state index is 12.9. The maximum Gasteiger partial charge on any atom is 0.280 e. The Morgan fingerprint density at radius 3 is 2.55 bits per heavy atom. The van der Waals surface area contributed by atoms with Crippen LogP contribution in [0.15, 0.2) is 63.6 Å². The number of rotatable bonds is 4. The fraction of sp³-hybridized carbons (Fsp3) is 0.130. The Balaban J connectivity index is 1.68. The van der Waals surface area contributed by atoms with Gasteiger partial charge in [0.2, 0.25) is 0 Å². The van der Waals surface area contributed by atoms with E-state index in [0.29, 0.717) is 39.1 Å². The first kappa shape index (κ1) is 20.6. The first-order valence-electron chi connectivity index (χ1n) is 9.48. The number of nitrogens with zero attached hydrogens (tertiary/aromatic N) is 3. The van der Waals surface area contributed by atoms with Crippen LogP contribution in [0.25, 0.3) is 17.4 Å². The molecule has 2 aromatic carbocycles. The van der Waals surface area contributed by atoms with Crippen molar-refractivity contribution < 1.29 is 14.1 Å². The highest BCUT2D eigenvalue weighted by molar-refractivity contribution is 6.33. The molecule has 156 valence electrons. The molecule has 8 heteroatoms. The molecule has 1 aromatic heterocycles. The Bertz CT molecular complexity index is 1290. The number of carbonyl (C=O) groups is 1. The van der Waals surface area contributed by atoms with Crippen LogP contribution in [0, 0.1) is 24.0 Å². The highest BCUT2D eigenvalue weighted by atomic mass is 35.5. The van der Waals surface area contributed by atoms with E-state index in [-0.39, 0.29) is 11.6 Å². The molecule has 0 N–H and O–H groups in total. The molecule has 0 atom stereocenters. The number of benzene rings is 2. The minimum Gasteiger partial charge on any atom is -0.456 e. The zero-order valence-electron chi connectivity index (χ0n) is 17.0. The van der Waals surface area contributed by atoms with E-state index in [4.69, 9.17) is 16.0 Å². The van der Waals surface area contributed by atoms with Gasteiger partial charge < -0.3 is 4.42 Å². The standard InChI is InChI=1S/C23H18ClN3O4/c1-13-9-20(21(27(29)30)10-14(13)2)22-8-7-18(31-22)12-19-15(3)25-26(23(19)28)17-6-4-5-16(24)11-17/h4-12H,1-3H3/b19-12-. The number of amides is 1. The average molecular weight is 436 g/mol. The summed E-state index contributed by atoms with van der Waals surface area (Å²) in [5.41, 5.74) is 3.57. The lowest BCUT2D eigenvalue weighted by atomic mass is 10.0. The van der Waals surface area contributed by atoms with Crippen LogP contribution in [0.3, 0.4) is 0 Å². The van der Waals surface area contributed by atoms with E-state index in [0.717, 1.165) is 11.1 Å². The van der Waals surface area contributed by atoms with Gasteiger partial charge in [-0.1, -0.05) is 17.7 Å². The van der Waals surface area contributed by atoms with E-state index in [9.17, 15) is 14.9 Å². The predicted octanol–water partition coefficient (Wildman–Crippen LogP) is 5.93. The van der Waals surface area contributed by atoms with Gasteiger partial charge in [0.05, 0.1) is 27.5 Å². The van der Waals surface area contributed by atoms with E-state index in [1.807, 2.05) is 13.8 Å². The number of halogens is 1. The summed E-state index contributed by atoms with van der Waals surface area (Å²) in [7, 11) is 0. The van der Waals surface area contributed by atoms with Gasteiger partial charge in [-0.2, -0.15) is 10.1 Å². The molecule has 0 unspecified atom stereocenters. The molecule has 1 aliphatic rings. The van der Waals surface area contributed by atoms with Gasteiger partial charge in [-0.05, 0) is 74.4 Å². The van der Waals surface area contributed by atoms with Crippen LogP contribution in [0.2, 0.25) is 5.02 Å². The molecule has 31 heavy (non-hydrogen) atoms. The molecular formula is C23H18ClN3O4. The summed E-state index contributed by atoms with van der Waals surface area (Å²) in [5, 5.41) is 17.6. The third-order valence-corrected chi connectivity index (χ3v) is 5.34. The van der Waals surface area contributed by atoms with Crippen LogP contribution in [0.1, 0.15) is 23.8 Å². The van der Waals surface area contributed by atoms with Crippen LogP contribution < -0.4 is 5.01 Å². The summed E-state index contributed by atoms with van der Waals surface area (Å²) < 4.78 is 5.85. The minimum absolute atomic E-state index is 0.0292. The second kappa shape index (κ2) is 7.85. The lowest BCUT2D eigenvalue weighted by molar-refractivity contribution is -0.384. The van der Waals surface area contributed by atoms with Crippen LogP contribution in [-0.4, -0.2) is 16.5 Å². The molecular weight excluding hydrogens is 418 g/mol. The Morgan fingerprint density at radius 1 is 1.10 bits per heavy atom. The van der Waals surface area contributed by atoms with Crippen molar-refractivity contribution in [1.82, 2.24) is 0 Å². The molecule has 2 heterocycles. The van der Waals surface area contributed by atoms with E-state index in [1.54, 1.807) is 55.5 Å². The van der Waals surface area contributed by atoms with Crippen molar-refractivity contribution in [2.75, 3.05) is 5.01 Å². The monoisotopic (exact) mass is 435 g/mol. The molecule has 0 saturated heterocycles. The SMILES string of the molecule is CC1=NN(c2cccc(Cl)c2)C(=O)/C1=C\c1ccc(-c2cc(C)c(C)cc2[N+](=O)[O-])o1. The molecule has 0 fully saturated rings. The third-order valence-electron chi connectivity index (χ3n) is 5.10. The molecule has 0 spiro atoms. The topological polar surface area (TPSA) is 89.0 Å².